The van der Waals surface area contributed by atoms with Gasteiger partial charge in [-0.05, 0) is 46.4 Å². The van der Waals surface area contributed by atoms with E-state index in [9.17, 15) is 4.79 Å². The predicted molar refractivity (Wildman–Crippen MR) is 98.6 cm³/mol. The third-order valence-electron chi connectivity index (χ3n) is 2.77. The van der Waals surface area contributed by atoms with E-state index in [1.807, 2.05) is 30.5 Å². The van der Waals surface area contributed by atoms with Crippen LogP contribution in [-0.4, -0.2) is 25.3 Å². The summed E-state index contributed by atoms with van der Waals surface area (Å²) >= 11 is 8.31. The van der Waals surface area contributed by atoms with Gasteiger partial charge in [-0.25, -0.2) is 5.43 Å². The standard InChI is InChI=1S/C15H14Br2N2O3S/c1-9(13-4-3-5-23-13)18-19-14(20)8-22-15-11(17)6-10(16)7-12(15)21-2/h3-7H,8H2,1-2H3,(H,19,20)/b18-9+. The number of thiophene rings is 1. The molecule has 1 amide bonds. The van der Waals surface area contributed by atoms with Crippen LogP contribution in [0.1, 0.15) is 11.8 Å². The number of rotatable bonds is 6. The van der Waals surface area contributed by atoms with Gasteiger partial charge in [0.15, 0.2) is 18.1 Å². The molecule has 0 unspecified atom stereocenters. The minimum Gasteiger partial charge on any atom is -0.493 e. The number of halogens is 2. The van der Waals surface area contributed by atoms with Gasteiger partial charge in [-0.3, -0.25) is 4.79 Å². The van der Waals surface area contributed by atoms with Gasteiger partial charge < -0.3 is 9.47 Å². The maximum Gasteiger partial charge on any atom is 0.277 e. The average Bonchev–Trinajstić information content (AvgIpc) is 3.05. The number of nitrogens with one attached hydrogen (secondary N) is 1. The summed E-state index contributed by atoms with van der Waals surface area (Å²) in [6.07, 6.45) is 0. The van der Waals surface area contributed by atoms with Crippen molar-refractivity contribution in [1.82, 2.24) is 5.43 Å². The van der Waals surface area contributed by atoms with E-state index in [1.165, 1.54) is 7.11 Å². The fourth-order valence-corrected chi connectivity index (χ4v) is 3.66. The predicted octanol–water partition coefficient (Wildman–Crippen LogP) is 4.20. The first kappa shape index (κ1) is 18.0. The SMILES string of the molecule is COc1cc(Br)cc(Br)c1OCC(=O)N/N=C(\C)c1cccs1. The zero-order valence-corrected chi connectivity index (χ0v) is 16.4. The number of carbonyl (C=O) groups excluding carboxylic acids is 1. The third kappa shape index (κ3) is 5.05. The molecule has 2 rings (SSSR count). The van der Waals surface area contributed by atoms with E-state index in [-0.39, 0.29) is 12.5 Å². The maximum atomic E-state index is 11.9. The first-order valence-corrected chi connectivity index (χ1v) is 9.00. The van der Waals surface area contributed by atoms with Crippen molar-refractivity contribution < 1.29 is 14.3 Å². The molecule has 0 aliphatic carbocycles. The molecule has 23 heavy (non-hydrogen) atoms. The van der Waals surface area contributed by atoms with E-state index in [0.717, 1.165) is 15.1 Å². The number of benzene rings is 1. The molecule has 1 aromatic heterocycles. The van der Waals surface area contributed by atoms with Gasteiger partial charge in [0.1, 0.15) is 0 Å². The molecule has 0 radical (unpaired) electrons. The first-order chi connectivity index (χ1) is 11.0. The number of nitrogens with zero attached hydrogens (tertiary/aromatic N) is 1. The zero-order chi connectivity index (χ0) is 16.8. The summed E-state index contributed by atoms with van der Waals surface area (Å²) in [7, 11) is 1.54. The van der Waals surface area contributed by atoms with Crippen molar-refractivity contribution in [3.8, 4) is 11.5 Å². The molecule has 5 nitrogen and oxygen atoms in total. The minimum absolute atomic E-state index is 0.169. The molecule has 2 aromatic rings. The second-order valence-corrected chi connectivity index (χ2v) is 7.13. The van der Waals surface area contributed by atoms with Gasteiger partial charge in [0.2, 0.25) is 0 Å². The lowest BCUT2D eigenvalue weighted by molar-refractivity contribution is -0.123. The quantitative estimate of drug-likeness (QED) is 0.518. The van der Waals surface area contributed by atoms with Gasteiger partial charge in [-0.2, -0.15) is 5.10 Å². The Morgan fingerprint density at radius 1 is 1.39 bits per heavy atom. The molecule has 1 N–H and O–H groups in total. The van der Waals surface area contributed by atoms with Gasteiger partial charge in [0, 0.05) is 9.35 Å². The van der Waals surface area contributed by atoms with E-state index >= 15 is 0 Å². The van der Waals surface area contributed by atoms with E-state index in [1.54, 1.807) is 17.4 Å². The largest absolute Gasteiger partial charge is 0.493 e. The van der Waals surface area contributed by atoms with E-state index < -0.39 is 0 Å². The lowest BCUT2D eigenvalue weighted by Gasteiger charge is -2.12. The smallest absolute Gasteiger partial charge is 0.277 e. The van der Waals surface area contributed by atoms with Crippen LogP contribution >= 0.6 is 43.2 Å². The normalized spacial score (nSPS) is 11.2. The Balaban J connectivity index is 1.96. The van der Waals surface area contributed by atoms with Gasteiger partial charge in [-0.1, -0.05) is 22.0 Å². The lowest BCUT2D eigenvalue weighted by Crippen LogP contribution is -2.25. The number of amides is 1. The third-order valence-corrected chi connectivity index (χ3v) is 4.79. The molecule has 1 aromatic carbocycles. The summed E-state index contributed by atoms with van der Waals surface area (Å²) in [5, 5.41) is 6.01. The number of ether oxygens (including phenoxy) is 2. The molecule has 0 spiro atoms. The number of hydrogen-bond acceptors (Lipinski definition) is 5. The monoisotopic (exact) mass is 460 g/mol. The van der Waals surface area contributed by atoms with Crippen LogP contribution in [0.15, 0.2) is 43.7 Å². The molecule has 8 heteroatoms. The van der Waals surface area contributed by atoms with Gasteiger partial charge in [-0.15, -0.1) is 11.3 Å². The Labute approximate surface area is 154 Å². The Morgan fingerprint density at radius 3 is 2.83 bits per heavy atom. The number of hydrazone groups is 1. The summed E-state index contributed by atoms with van der Waals surface area (Å²) < 4.78 is 12.3. The van der Waals surface area contributed by atoms with Crippen LogP contribution in [-0.2, 0) is 4.79 Å². The highest BCUT2D eigenvalue weighted by atomic mass is 79.9. The first-order valence-electron chi connectivity index (χ1n) is 6.54. The molecule has 0 bridgehead atoms. The van der Waals surface area contributed by atoms with Crippen molar-refractivity contribution in [2.75, 3.05) is 13.7 Å². The number of methoxy groups -OCH3 is 1. The highest BCUT2D eigenvalue weighted by molar-refractivity contribution is 9.11. The minimum atomic E-state index is -0.349. The van der Waals surface area contributed by atoms with Crippen LogP contribution < -0.4 is 14.9 Å². The fraction of sp³-hybridized carbons (Fsp3) is 0.200. The van der Waals surface area contributed by atoms with Gasteiger partial charge in [0.25, 0.3) is 5.91 Å². The summed E-state index contributed by atoms with van der Waals surface area (Å²) in [5.41, 5.74) is 3.22. The molecular formula is C15H14Br2N2O3S. The van der Waals surface area contributed by atoms with E-state index in [0.29, 0.717) is 16.0 Å². The Kier molecular flexibility index (Phi) is 6.61. The molecular weight excluding hydrogens is 448 g/mol. The van der Waals surface area contributed by atoms with Crippen LogP contribution in [0.4, 0.5) is 0 Å². The van der Waals surface area contributed by atoms with Crippen LogP contribution in [0.3, 0.4) is 0 Å². The molecule has 0 aliphatic heterocycles. The fourth-order valence-electron chi connectivity index (χ4n) is 1.68. The second-order valence-electron chi connectivity index (χ2n) is 4.42. The second kappa shape index (κ2) is 8.47. The van der Waals surface area contributed by atoms with Crippen molar-refractivity contribution in [3.05, 3.63) is 43.5 Å². The van der Waals surface area contributed by atoms with E-state index in [2.05, 4.69) is 42.4 Å². The maximum absolute atomic E-state index is 11.9. The number of hydrogen-bond donors (Lipinski definition) is 1. The Bertz CT molecular complexity index is 718. The van der Waals surface area contributed by atoms with Crippen molar-refractivity contribution in [2.45, 2.75) is 6.92 Å². The molecule has 0 atom stereocenters. The van der Waals surface area contributed by atoms with Crippen LogP contribution in [0.25, 0.3) is 0 Å². The van der Waals surface area contributed by atoms with Crippen LogP contribution in [0.2, 0.25) is 0 Å². The average molecular weight is 462 g/mol. The molecule has 0 saturated carbocycles. The van der Waals surface area contributed by atoms with E-state index in [4.69, 9.17) is 9.47 Å². The van der Waals surface area contributed by atoms with Crippen molar-refractivity contribution in [1.29, 1.82) is 0 Å². The number of carbonyl (C=O) groups is 1. The molecule has 1 heterocycles. The summed E-state index contributed by atoms with van der Waals surface area (Å²) in [6.45, 7) is 1.67. The molecule has 0 saturated heterocycles. The Hall–Kier alpha value is -1.38. The summed E-state index contributed by atoms with van der Waals surface area (Å²) in [6, 6.07) is 7.45. The molecule has 0 aliphatic rings. The summed E-state index contributed by atoms with van der Waals surface area (Å²) in [4.78, 5) is 12.9. The van der Waals surface area contributed by atoms with Crippen molar-refractivity contribution >= 4 is 54.8 Å². The zero-order valence-electron chi connectivity index (χ0n) is 12.4. The molecule has 0 fully saturated rings. The topological polar surface area (TPSA) is 59.9 Å². The van der Waals surface area contributed by atoms with Crippen molar-refractivity contribution in [3.63, 3.8) is 0 Å². The lowest BCUT2D eigenvalue weighted by atomic mass is 10.3. The van der Waals surface area contributed by atoms with Crippen LogP contribution in [0, 0.1) is 0 Å². The van der Waals surface area contributed by atoms with Crippen molar-refractivity contribution in [2.24, 2.45) is 5.10 Å². The Morgan fingerprint density at radius 2 is 2.17 bits per heavy atom. The van der Waals surface area contributed by atoms with Gasteiger partial charge >= 0.3 is 0 Å². The highest BCUT2D eigenvalue weighted by Gasteiger charge is 2.13. The van der Waals surface area contributed by atoms with Gasteiger partial charge in [0.05, 0.1) is 17.3 Å². The summed E-state index contributed by atoms with van der Waals surface area (Å²) in [5.74, 6) is 0.639. The highest BCUT2D eigenvalue weighted by Crippen LogP contribution is 2.38. The van der Waals surface area contributed by atoms with Crippen LogP contribution in [0.5, 0.6) is 11.5 Å². The molecule has 122 valence electrons.